The van der Waals surface area contributed by atoms with Gasteiger partial charge in [0, 0.05) is 35.8 Å². The van der Waals surface area contributed by atoms with E-state index in [4.69, 9.17) is 0 Å². The molecule has 0 atom stereocenters. The van der Waals surface area contributed by atoms with Gasteiger partial charge in [0.25, 0.3) is 0 Å². The Morgan fingerprint density at radius 3 is 2.27 bits per heavy atom. The topological polar surface area (TPSA) is 25.8 Å². The second-order valence-corrected chi connectivity index (χ2v) is 10.5. The maximum atomic E-state index is 4.66. The molecule has 0 aliphatic rings. The molecule has 148 valence electrons. The van der Waals surface area contributed by atoms with Crippen LogP contribution in [0.5, 0.6) is 0 Å². The van der Waals surface area contributed by atoms with Crippen molar-refractivity contribution in [1.82, 2.24) is 8.75 Å². The molecular weight excluding hydrogens is 424 g/mol. The van der Waals surface area contributed by atoms with Gasteiger partial charge in [-0.3, -0.25) is 0 Å². The van der Waals surface area contributed by atoms with E-state index in [1.807, 2.05) is 29.6 Å². The SMILES string of the molecule is CC#Cc1ccc(-c2ccc(-c3cc4sc(CC(C)C)cc4s3)c3nsnc23)cc1. The molecule has 30 heavy (non-hydrogen) atoms. The van der Waals surface area contributed by atoms with E-state index in [0.717, 1.165) is 34.1 Å². The molecule has 5 heteroatoms. The van der Waals surface area contributed by atoms with Crippen molar-refractivity contribution < 1.29 is 0 Å². The molecule has 3 heterocycles. The van der Waals surface area contributed by atoms with E-state index >= 15 is 0 Å². The maximum Gasteiger partial charge on any atom is 0.114 e. The van der Waals surface area contributed by atoms with Gasteiger partial charge in [-0.05, 0) is 49.1 Å². The number of rotatable bonds is 4. The van der Waals surface area contributed by atoms with Crippen molar-refractivity contribution in [3.63, 3.8) is 0 Å². The van der Waals surface area contributed by atoms with Crippen LogP contribution in [0.2, 0.25) is 0 Å². The first-order chi connectivity index (χ1) is 14.6. The van der Waals surface area contributed by atoms with Crippen LogP contribution in [0.3, 0.4) is 0 Å². The molecule has 3 aromatic heterocycles. The van der Waals surface area contributed by atoms with E-state index in [-0.39, 0.29) is 0 Å². The van der Waals surface area contributed by atoms with E-state index in [9.17, 15) is 0 Å². The average molecular weight is 445 g/mol. The zero-order valence-corrected chi connectivity index (χ0v) is 19.5. The van der Waals surface area contributed by atoms with E-state index in [2.05, 4.69) is 83.0 Å². The van der Waals surface area contributed by atoms with Crippen molar-refractivity contribution in [2.45, 2.75) is 27.2 Å². The number of benzene rings is 2. The van der Waals surface area contributed by atoms with E-state index in [1.165, 1.54) is 36.4 Å². The summed E-state index contributed by atoms with van der Waals surface area (Å²) in [6.07, 6.45) is 1.15. The van der Waals surface area contributed by atoms with Gasteiger partial charge < -0.3 is 0 Å². The maximum absolute atomic E-state index is 4.66. The second-order valence-electron chi connectivity index (χ2n) is 7.72. The van der Waals surface area contributed by atoms with Gasteiger partial charge in [-0.2, -0.15) is 8.75 Å². The highest BCUT2D eigenvalue weighted by atomic mass is 32.1. The lowest BCUT2D eigenvalue weighted by molar-refractivity contribution is 0.654. The first-order valence-electron chi connectivity index (χ1n) is 9.93. The molecule has 5 aromatic rings. The minimum Gasteiger partial charge on any atom is -0.172 e. The van der Waals surface area contributed by atoms with Gasteiger partial charge in [0.15, 0.2) is 0 Å². The number of hydrogen-bond acceptors (Lipinski definition) is 5. The first-order valence-corrected chi connectivity index (χ1v) is 12.3. The zero-order chi connectivity index (χ0) is 20.7. The van der Waals surface area contributed by atoms with Gasteiger partial charge in [-0.25, -0.2) is 0 Å². The Morgan fingerprint density at radius 2 is 1.57 bits per heavy atom. The van der Waals surface area contributed by atoms with Crippen molar-refractivity contribution in [3.05, 3.63) is 59.0 Å². The average Bonchev–Trinajstić information content (AvgIpc) is 3.42. The summed E-state index contributed by atoms with van der Waals surface area (Å²) in [5.41, 5.74) is 6.44. The summed E-state index contributed by atoms with van der Waals surface area (Å²) in [7, 11) is 0. The van der Waals surface area contributed by atoms with Crippen LogP contribution in [0.4, 0.5) is 0 Å². The van der Waals surface area contributed by atoms with Gasteiger partial charge in [-0.15, -0.1) is 28.6 Å². The summed E-state index contributed by atoms with van der Waals surface area (Å²) in [5.74, 6) is 6.74. The third-order valence-electron chi connectivity index (χ3n) is 5.01. The molecular formula is C25H20N2S3. The predicted molar refractivity (Wildman–Crippen MR) is 133 cm³/mol. The van der Waals surface area contributed by atoms with Gasteiger partial charge in [0.05, 0.1) is 11.7 Å². The largest absolute Gasteiger partial charge is 0.172 e. The summed E-state index contributed by atoms with van der Waals surface area (Å²) < 4.78 is 12.0. The molecule has 2 aromatic carbocycles. The molecule has 0 spiro atoms. The predicted octanol–water partition coefficient (Wildman–Crippen LogP) is 7.87. The Kier molecular flexibility index (Phi) is 5.16. The van der Waals surface area contributed by atoms with E-state index < -0.39 is 0 Å². The fraction of sp³-hybridized carbons (Fsp3) is 0.200. The molecule has 0 N–H and O–H groups in total. The number of hydrogen-bond donors (Lipinski definition) is 0. The molecule has 0 radical (unpaired) electrons. The van der Waals surface area contributed by atoms with Gasteiger partial charge >= 0.3 is 0 Å². The summed E-state index contributed by atoms with van der Waals surface area (Å²) in [5, 5.41) is 0. The molecule has 0 saturated carbocycles. The van der Waals surface area contributed by atoms with Crippen LogP contribution in [0, 0.1) is 17.8 Å². The van der Waals surface area contributed by atoms with Crippen LogP contribution in [0.25, 0.3) is 42.0 Å². The van der Waals surface area contributed by atoms with Crippen LogP contribution in [-0.2, 0) is 6.42 Å². The van der Waals surface area contributed by atoms with Crippen molar-refractivity contribution in [2.75, 3.05) is 0 Å². The lowest BCUT2D eigenvalue weighted by Gasteiger charge is -2.06. The van der Waals surface area contributed by atoms with Crippen LogP contribution in [0.1, 0.15) is 31.2 Å². The lowest BCUT2D eigenvalue weighted by Crippen LogP contribution is -1.89. The molecule has 2 nitrogen and oxygen atoms in total. The van der Waals surface area contributed by atoms with Crippen molar-refractivity contribution >= 4 is 54.8 Å². The van der Waals surface area contributed by atoms with Gasteiger partial charge in [-0.1, -0.05) is 44.0 Å². The Balaban J connectivity index is 1.55. The van der Waals surface area contributed by atoms with Crippen molar-refractivity contribution in [3.8, 4) is 33.4 Å². The Labute approximate surface area is 188 Å². The summed E-state index contributed by atoms with van der Waals surface area (Å²) in [6.45, 7) is 6.41. The minimum absolute atomic E-state index is 0.688. The first kappa shape index (κ1) is 19.4. The highest BCUT2D eigenvalue weighted by molar-refractivity contribution is 7.29. The fourth-order valence-corrected chi connectivity index (χ4v) is 6.93. The van der Waals surface area contributed by atoms with Crippen LogP contribution >= 0.6 is 34.4 Å². The van der Waals surface area contributed by atoms with E-state index in [1.54, 1.807) is 0 Å². The Bertz CT molecular complexity index is 1370. The monoisotopic (exact) mass is 444 g/mol. The van der Waals surface area contributed by atoms with Crippen LogP contribution < -0.4 is 0 Å². The normalized spacial score (nSPS) is 11.3. The fourth-order valence-electron chi connectivity index (χ4n) is 3.70. The third-order valence-corrected chi connectivity index (χ3v) is 7.89. The number of fused-ring (bicyclic) bond motifs is 2. The molecule has 5 rings (SSSR count). The molecule has 0 fully saturated rings. The highest BCUT2D eigenvalue weighted by Crippen LogP contribution is 2.42. The summed E-state index contributed by atoms with van der Waals surface area (Å²) >= 11 is 5.06. The summed E-state index contributed by atoms with van der Waals surface area (Å²) in [4.78, 5) is 2.75. The second kappa shape index (κ2) is 7.96. The molecule has 0 aliphatic heterocycles. The van der Waals surface area contributed by atoms with Gasteiger partial charge in [0.1, 0.15) is 11.0 Å². The quantitative estimate of drug-likeness (QED) is 0.264. The molecule has 0 aliphatic carbocycles. The molecule has 0 bridgehead atoms. The van der Waals surface area contributed by atoms with Crippen molar-refractivity contribution in [1.29, 1.82) is 0 Å². The van der Waals surface area contributed by atoms with Crippen LogP contribution in [0.15, 0.2) is 48.5 Å². The standard InChI is InChI=1S/C25H20N2S3/c1-4-5-16-6-8-17(9-7-16)19-10-11-20(25-24(19)26-30-27-25)21-14-23-22(29-21)13-18(28-23)12-15(2)3/h6-11,13-15H,12H2,1-3H3. The number of nitrogens with zero attached hydrogens (tertiary/aromatic N) is 2. The molecule has 0 amide bonds. The van der Waals surface area contributed by atoms with E-state index in [0.29, 0.717) is 5.92 Å². The Morgan fingerprint density at radius 1 is 0.867 bits per heavy atom. The summed E-state index contributed by atoms with van der Waals surface area (Å²) in [6, 6.07) is 17.4. The molecule has 0 unspecified atom stereocenters. The smallest absolute Gasteiger partial charge is 0.114 e. The minimum atomic E-state index is 0.688. The lowest BCUT2D eigenvalue weighted by atomic mass is 10.00. The van der Waals surface area contributed by atoms with Crippen molar-refractivity contribution in [2.24, 2.45) is 5.92 Å². The number of aromatic nitrogens is 2. The van der Waals surface area contributed by atoms with Crippen LogP contribution in [-0.4, -0.2) is 8.75 Å². The third kappa shape index (κ3) is 3.56. The molecule has 0 saturated heterocycles. The highest BCUT2D eigenvalue weighted by Gasteiger charge is 2.16. The number of thiophene rings is 2. The Hall–Kier alpha value is -2.52. The van der Waals surface area contributed by atoms with Gasteiger partial charge in [0.2, 0.25) is 0 Å². The zero-order valence-electron chi connectivity index (χ0n) is 17.0.